The van der Waals surface area contributed by atoms with Crippen molar-refractivity contribution in [3.8, 4) is 5.75 Å². The number of alkyl carbamates (subject to hydrolysis) is 1. The number of rotatable bonds is 6. The topological polar surface area (TPSA) is 111 Å². The number of carbonyl (C=O) groups is 2. The normalized spacial score (nSPS) is 12.1. The Morgan fingerprint density at radius 3 is 2.39 bits per heavy atom. The molecular formula is C21H26N2O5. The molecule has 0 saturated heterocycles. The lowest BCUT2D eigenvalue weighted by molar-refractivity contribution is -0.147. The van der Waals surface area contributed by atoms with E-state index in [1.807, 2.05) is 30.3 Å². The number of esters is 1. The van der Waals surface area contributed by atoms with Crippen molar-refractivity contribution in [1.29, 1.82) is 0 Å². The van der Waals surface area contributed by atoms with Gasteiger partial charge in [0.25, 0.3) is 0 Å². The fraction of sp³-hybridized carbons (Fsp3) is 0.333. The minimum Gasteiger partial charge on any atom is -0.506 e. The maximum Gasteiger partial charge on any atom is 0.408 e. The van der Waals surface area contributed by atoms with Crippen molar-refractivity contribution < 1.29 is 24.2 Å². The van der Waals surface area contributed by atoms with Crippen molar-refractivity contribution >= 4 is 17.7 Å². The SMILES string of the molecule is CC(C)(C)OC(=O)N[C@@H](Cc1ccc(O)c(N)c1)C(=O)OCc1ccccc1. The maximum atomic E-state index is 12.6. The van der Waals surface area contributed by atoms with Gasteiger partial charge in [-0.25, -0.2) is 9.59 Å². The summed E-state index contributed by atoms with van der Waals surface area (Å²) in [6.45, 7) is 5.28. The molecule has 4 N–H and O–H groups in total. The van der Waals surface area contributed by atoms with Crippen LogP contribution in [-0.4, -0.2) is 28.8 Å². The van der Waals surface area contributed by atoms with Crippen LogP contribution in [0.15, 0.2) is 48.5 Å². The van der Waals surface area contributed by atoms with Crippen LogP contribution >= 0.6 is 0 Å². The minimum absolute atomic E-state index is 0.0490. The van der Waals surface area contributed by atoms with E-state index in [-0.39, 0.29) is 24.5 Å². The number of amides is 1. The standard InChI is InChI=1S/C21H26N2O5/c1-21(2,3)28-20(26)23-17(12-15-9-10-18(24)16(22)11-15)19(25)27-13-14-7-5-4-6-8-14/h4-11,17,24H,12-13,22H2,1-3H3,(H,23,26)/t17-/m0/s1. The fourth-order valence-electron chi connectivity index (χ4n) is 2.44. The fourth-order valence-corrected chi connectivity index (χ4v) is 2.44. The number of nitrogens with one attached hydrogen (secondary N) is 1. The molecule has 0 aliphatic rings. The zero-order valence-electron chi connectivity index (χ0n) is 16.3. The van der Waals surface area contributed by atoms with Crippen LogP contribution in [0.5, 0.6) is 5.75 Å². The molecule has 0 heterocycles. The average molecular weight is 386 g/mol. The molecule has 0 aromatic heterocycles. The molecule has 1 atom stereocenters. The predicted molar refractivity (Wildman–Crippen MR) is 106 cm³/mol. The van der Waals surface area contributed by atoms with Crippen molar-refractivity contribution in [2.24, 2.45) is 0 Å². The van der Waals surface area contributed by atoms with Crippen LogP contribution in [0, 0.1) is 0 Å². The highest BCUT2D eigenvalue weighted by atomic mass is 16.6. The van der Waals surface area contributed by atoms with E-state index in [0.717, 1.165) is 5.56 Å². The number of nitrogen functional groups attached to an aromatic ring is 1. The van der Waals surface area contributed by atoms with Crippen molar-refractivity contribution in [3.63, 3.8) is 0 Å². The average Bonchev–Trinajstić information content (AvgIpc) is 2.61. The Bertz CT molecular complexity index is 815. The first kappa shape index (κ1) is 21.1. The van der Waals surface area contributed by atoms with E-state index in [4.69, 9.17) is 15.2 Å². The lowest BCUT2D eigenvalue weighted by Gasteiger charge is -2.23. The number of phenols is 1. The molecule has 0 fully saturated rings. The summed E-state index contributed by atoms with van der Waals surface area (Å²) in [5.41, 5.74) is 6.69. The highest BCUT2D eigenvalue weighted by Gasteiger charge is 2.26. The second-order valence-corrected chi connectivity index (χ2v) is 7.39. The first-order chi connectivity index (χ1) is 13.1. The molecular weight excluding hydrogens is 360 g/mol. The second-order valence-electron chi connectivity index (χ2n) is 7.39. The number of phenolic OH excluding ortho intramolecular Hbond substituents is 1. The molecule has 7 nitrogen and oxygen atoms in total. The van der Waals surface area contributed by atoms with Gasteiger partial charge in [0.1, 0.15) is 24.0 Å². The largest absolute Gasteiger partial charge is 0.506 e. The van der Waals surface area contributed by atoms with E-state index in [1.165, 1.54) is 6.07 Å². The molecule has 0 spiro atoms. The van der Waals surface area contributed by atoms with Crippen LogP contribution in [-0.2, 0) is 27.3 Å². The van der Waals surface area contributed by atoms with Crippen LogP contribution in [0.3, 0.4) is 0 Å². The molecule has 1 amide bonds. The quantitative estimate of drug-likeness (QED) is 0.400. The molecule has 2 aromatic carbocycles. The van der Waals surface area contributed by atoms with Crippen molar-refractivity contribution in [2.75, 3.05) is 5.73 Å². The third kappa shape index (κ3) is 6.83. The van der Waals surface area contributed by atoms with Crippen LogP contribution in [0.25, 0.3) is 0 Å². The summed E-state index contributed by atoms with van der Waals surface area (Å²) >= 11 is 0. The molecule has 0 bridgehead atoms. The van der Waals surface area contributed by atoms with Gasteiger partial charge in [0.15, 0.2) is 0 Å². The summed E-state index contributed by atoms with van der Waals surface area (Å²) in [5, 5.41) is 12.1. The van der Waals surface area contributed by atoms with E-state index >= 15 is 0 Å². The van der Waals surface area contributed by atoms with Gasteiger partial charge in [-0.1, -0.05) is 36.4 Å². The Morgan fingerprint density at radius 1 is 1.11 bits per heavy atom. The molecule has 28 heavy (non-hydrogen) atoms. The van der Waals surface area contributed by atoms with Crippen molar-refractivity contribution in [1.82, 2.24) is 5.32 Å². The predicted octanol–water partition coefficient (Wildman–Crippen LogP) is 3.15. The Morgan fingerprint density at radius 2 is 1.79 bits per heavy atom. The first-order valence-corrected chi connectivity index (χ1v) is 8.91. The smallest absolute Gasteiger partial charge is 0.408 e. The van der Waals surface area contributed by atoms with Gasteiger partial charge in [-0.15, -0.1) is 0 Å². The molecule has 7 heteroatoms. The first-order valence-electron chi connectivity index (χ1n) is 8.91. The Kier molecular flexibility index (Phi) is 6.87. The molecule has 0 aliphatic carbocycles. The van der Waals surface area contributed by atoms with E-state index < -0.39 is 23.7 Å². The van der Waals surface area contributed by atoms with Crippen molar-refractivity contribution in [3.05, 3.63) is 59.7 Å². The maximum absolute atomic E-state index is 12.6. The summed E-state index contributed by atoms with van der Waals surface area (Å²) in [5.74, 6) is -0.645. The van der Waals surface area contributed by atoms with Crippen LogP contribution in [0.4, 0.5) is 10.5 Å². The van der Waals surface area contributed by atoms with E-state index in [2.05, 4.69) is 5.32 Å². The summed E-state index contributed by atoms with van der Waals surface area (Å²) in [7, 11) is 0. The van der Waals surface area contributed by atoms with Gasteiger partial charge in [0, 0.05) is 6.42 Å². The summed E-state index contributed by atoms with van der Waals surface area (Å²) in [4.78, 5) is 24.8. The molecule has 0 radical (unpaired) electrons. The number of carbonyl (C=O) groups excluding carboxylic acids is 2. The van der Waals surface area contributed by atoms with Crippen LogP contribution in [0.2, 0.25) is 0 Å². The van der Waals surface area contributed by atoms with Gasteiger partial charge in [-0.2, -0.15) is 0 Å². The zero-order chi connectivity index (χ0) is 20.7. The van der Waals surface area contributed by atoms with Gasteiger partial charge in [-0.05, 0) is 44.0 Å². The Labute approximate surface area is 164 Å². The third-order valence-electron chi connectivity index (χ3n) is 3.73. The van der Waals surface area contributed by atoms with Gasteiger partial charge in [0.05, 0.1) is 5.69 Å². The summed E-state index contributed by atoms with van der Waals surface area (Å²) in [6, 6.07) is 12.9. The lowest BCUT2D eigenvalue weighted by Crippen LogP contribution is -2.45. The van der Waals surface area contributed by atoms with Gasteiger partial charge < -0.3 is 25.6 Å². The number of aromatic hydroxyl groups is 1. The van der Waals surface area contributed by atoms with Crippen LogP contribution < -0.4 is 11.1 Å². The van der Waals surface area contributed by atoms with Gasteiger partial charge in [-0.3, -0.25) is 0 Å². The lowest BCUT2D eigenvalue weighted by atomic mass is 10.0. The number of benzene rings is 2. The number of ether oxygens (including phenoxy) is 2. The van der Waals surface area contributed by atoms with Crippen molar-refractivity contribution in [2.45, 2.75) is 45.4 Å². The monoisotopic (exact) mass is 386 g/mol. The molecule has 2 aromatic rings. The molecule has 2 rings (SSSR count). The van der Waals surface area contributed by atoms with E-state index in [9.17, 15) is 14.7 Å². The molecule has 0 aliphatic heterocycles. The summed E-state index contributed by atoms with van der Waals surface area (Å²) < 4.78 is 10.6. The molecule has 0 unspecified atom stereocenters. The van der Waals surface area contributed by atoms with E-state index in [0.29, 0.717) is 5.56 Å². The van der Waals surface area contributed by atoms with E-state index in [1.54, 1.807) is 32.9 Å². The third-order valence-corrected chi connectivity index (χ3v) is 3.73. The molecule has 0 saturated carbocycles. The minimum atomic E-state index is -0.970. The van der Waals surface area contributed by atoms with Gasteiger partial charge >= 0.3 is 12.1 Å². The Hall–Kier alpha value is -3.22. The second kappa shape index (κ2) is 9.12. The number of anilines is 1. The van der Waals surface area contributed by atoms with Gasteiger partial charge in [0.2, 0.25) is 0 Å². The number of hydrogen-bond acceptors (Lipinski definition) is 6. The van der Waals surface area contributed by atoms with Crippen LogP contribution in [0.1, 0.15) is 31.9 Å². The summed E-state index contributed by atoms with van der Waals surface area (Å²) in [6.07, 6.45) is -0.585. The zero-order valence-corrected chi connectivity index (χ0v) is 16.3. The Balaban J connectivity index is 2.10. The number of hydrogen-bond donors (Lipinski definition) is 3. The molecule has 150 valence electrons. The number of nitrogens with two attached hydrogens (primary N) is 1. The highest BCUT2D eigenvalue weighted by molar-refractivity contribution is 5.82. The highest BCUT2D eigenvalue weighted by Crippen LogP contribution is 2.21.